The van der Waals surface area contributed by atoms with Crippen LogP contribution in [0.3, 0.4) is 0 Å². The molecule has 0 fully saturated rings. The predicted octanol–water partition coefficient (Wildman–Crippen LogP) is 2.61. The van der Waals surface area contributed by atoms with Gasteiger partial charge in [-0.15, -0.1) is 0 Å². The van der Waals surface area contributed by atoms with Gasteiger partial charge in [-0.1, -0.05) is 24.3 Å². The van der Waals surface area contributed by atoms with Crippen LogP contribution in [0.25, 0.3) is 0 Å². The molecule has 0 bridgehead atoms. The third-order valence-electron chi connectivity index (χ3n) is 3.46. The number of ether oxygens (including phenoxy) is 1. The van der Waals surface area contributed by atoms with Crippen LogP contribution in [0, 0.1) is 0 Å². The maximum Gasteiger partial charge on any atom is 0.226 e. The Balaban J connectivity index is 2.11. The van der Waals surface area contributed by atoms with Crippen LogP contribution in [0.15, 0.2) is 48.5 Å². The smallest absolute Gasteiger partial charge is 0.226 e. The molecule has 6 heteroatoms. The number of methoxy groups -OCH3 is 1. The normalized spacial score (nSPS) is 11.4. The Morgan fingerprint density at radius 2 is 1.79 bits per heavy atom. The molecule has 2 amide bonds. The lowest BCUT2D eigenvalue weighted by atomic mass is 10.0. The monoisotopic (exact) mass is 328 g/mol. The maximum atomic E-state index is 12.3. The molecule has 6 nitrogen and oxygen atoms in total. The Morgan fingerprint density at radius 3 is 2.38 bits per heavy atom. The quantitative estimate of drug-likeness (QED) is 0.711. The molecule has 0 aliphatic carbocycles. The second kappa shape index (κ2) is 8.01. The summed E-state index contributed by atoms with van der Waals surface area (Å²) in [5, 5.41) is 15.1. The van der Waals surface area contributed by atoms with Crippen molar-refractivity contribution < 1.29 is 19.4 Å². The van der Waals surface area contributed by atoms with Crippen molar-refractivity contribution in [3.05, 3.63) is 54.1 Å². The van der Waals surface area contributed by atoms with E-state index in [1.807, 2.05) is 0 Å². The van der Waals surface area contributed by atoms with Crippen LogP contribution in [-0.4, -0.2) is 24.0 Å². The number of amides is 2. The number of nitrogens with one attached hydrogen (secondary N) is 2. The molecule has 0 aliphatic rings. The zero-order valence-electron chi connectivity index (χ0n) is 13.6. The van der Waals surface area contributed by atoms with E-state index in [1.165, 1.54) is 13.0 Å². The minimum absolute atomic E-state index is 0.00799. The molecule has 0 aromatic heterocycles. The highest BCUT2D eigenvalue weighted by atomic mass is 16.5. The van der Waals surface area contributed by atoms with Crippen LogP contribution in [0.4, 0.5) is 5.69 Å². The van der Waals surface area contributed by atoms with E-state index in [0.29, 0.717) is 11.4 Å². The van der Waals surface area contributed by atoms with Crippen LogP contribution >= 0.6 is 0 Å². The van der Waals surface area contributed by atoms with E-state index in [4.69, 9.17) is 4.74 Å². The summed E-state index contributed by atoms with van der Waals surface area (Å²) in [5.74, 6) is 0.141. The molecule has 0 saturated heterocycles. The highest BCUT2D eigenvalue weighted by Gasteiger charge is 2.18. The molecule has 3 N–H and O–H groups in total. The van der Waals surface area contributed by atoms with Crippen molar-refractivity contribution >= 4 is 17.5 Å². The minimum Gasteiger partial charge on any atom is -0.506 e. The number of aromatic hydroxyl groups is 1. The fourth-order valence-corrected chi connectivity index (χ4v) is 2.30. The molecular weight excluding hydrogens is 308 g/mol. The largest absolute Gasteiger partial charge is 0.506 e. The van der Waals surface area contributed by atoms with E-state index in [-0.39, 0.29) is 24.0 Å². The molecule has 0 aliphatic heterocycles. The topological polar surface area (TPSA) is 87.7 Å². The number of phenolic OH excluding ortho intramolecular Hbond substituents is 1. The Morgan fingerprint density at radius 1 is 1.12 bits per heavy atom. The number of rotatable bonds is 6. The van der Waals surface area contributed by atoms with Crippen molar-refractivity contribution in [1.82, 2.24) is 5.32 Å². The molecule has 1 atom stereocenters. The molecule has 2 rings (SSSR count). The van der Waals surface area contributed by atoms with Crippen molar-refractivity contribution in [2.45, 2.75) is 19.4 Å². The first-order chi connectivity index (χ1) is 11.5. The van der Waals surface area contributed by atoms with Crippen molar-refractivity contribution in [3.8, 4) is 11.5 Å². The van der Waals surface area contributed by atoms with Gasteiger partial charge < -0.3 is 20.5 Å². The summed E-state index contributed by atoms with van der Waals surface area (Å²) in [5.41, 5.74) is 1.12. The number of phenols is 1. The SMILES string of the molecule is COc1ccc(C(CC(=O)Nc2ccccc2O)NC(C)=O)cc1. The molecular formula is C18H20N2O4. The lowest BCUT2D eigenvalue weighted by Gasteiger charge is -2.18. The zero-order chi connectivity index (χ0) is 17.5. The molecule has 24 heavy (non-hydrogen) atoms. The first-order valence-corrected chi connectivity index (χ1v) is 7.48. The molecule has 1 unspecified atom stereocenters. The molecule has 0 radical (unpaired) electrons. The highest BCUT2D eigenvalue weighted by Crippen LogP contribution is 2.24. The second-order valence-corrected chi connectivity index (χ2v) is 5.30. The number of para-hydroxylation sites is 2. The summed E-state index contributed by atoms with van der Waals surface area (Å²) in [4.78, 5) is 23.7. The van der Waals surface area contributed by atoms with Crippen molar-refractivity contribution in [1.29, 1.82) is 0 Å². The fraction of sp³-hybridized carbons (Fsp3) is 0.222. The van der Waals surface area contributed by atoms with Gasteiger partial charge in [-0.25, -0.2) is 0 Å². The molecule has 0 spiro atoms. The van der Waals surface area contributed by atoms with E-state index in [9.17, 15) is 14.7 Å². The average molecular weight is 328 g/mol. The lowest BCUT2D eigenvalue weighted by Crippen LogP contribution is -2.29. The Kier molecular flexibility index (Phi) is 5.78. The number of hydrogen-bond donors (Lipinski definition) is 3. The predicted molar refractivity (Wildman–Crippen MR) is 90.9 cm³/mol. The number of carbonyl (C=O) groups excluding carboxylic acids is 2. The van der Waals surface area contributed by atoms with Gasteiger partial charge in [0.05, 0.1) is 25.3 Å². The highest BCUT2D eigenvalue weighted by molar-refractivity contribution is 5.93. The second-order valence-electron chi connectivity index (χ2n) is 5.30. The van der Waals surface area contributed by atoms with Gasteiger partial charge in [0.15, 0.2) is 0 Å². The van der Waals surface area contributed by atoms with Gasteiger partial charge in [-0.3, -0.25) is 9.59 Å². The molecule has 0 saturated carbocycles. The number of benzene rings is 2. The minimum atomic E-state index is -0.473. The summed E-state index contributed by atoms with van der Waals surface area (Å²) in [6, 6.07) is 13.1. The summed E-state index contributed by atoms with van der Waals surface area (Å²) >= 11 is 0. The van der Waals surface area contributed by atoms with Crippen LogP contribution < -0.4 is 15.4 Å². The van der Waals surface area contributed by atoms with Gasteiger partial charge >= 0.3 is 0 Å². The Hall–Kier alpha value is -3.02. The zero-order valence-corrected chi connectivity index (χ0v) is 13.6. The summed E-state index contributed by atoms with van der Waals surface area (Å²) in [6.07, 6.45) is 0.0419. The molecule has 126 valence electrons. The van der Waals surface area contributed by atoms with E-state index in [0.717, 1.165) is 5.56 Å². The number of anilines is 1. The van der Waals surface area contributed by atoms with E-state index in [2.05, 4.69) is 10.6 Å². The van der Waals surface area contributed by atoms with Gasteiger partial charge in [-0.2, -0.15) is 0 Å². The molecule has 0 heterocycles. The van der Waals surface area contributed by atoms with Crippen molar-refractivity contribution in [3.63, 3.8) is 0 Å². The van der Waals surface area contributed by atoms with Crippen LogP contribution in [-0.2, 0) is 9.59 Å². The summed E-state index contributed by atoms with van der Waals surface area (Å²) in [7, 11) is 1.57. The summed E-state index contributed by atoms with van der Waals surface area (Å²) in [6.45, 7) is 1.40. The van der Waals surface area contributed by atoms with Crippen LogP contribution in [0.2, 0.25) is 0 Å². The molecule has 2 aromatic rings. The third-order valence-corrected chi connectivity index (χ3v) is 3.46. The lowest BCUT2D eigenvalue weighted by molar-refractivity contribution is -0.120. The van der Waals surface area contributed by atoms with E-state index < -0.39 is 6.04 Å². The summed E-state index contributed by atoms with van der Waals surface area (Å²) < 4.78 is 5.11. The van der Waals surface area contributed by atoms with Gasteiger partial charge in [0.2, 0.25) is 11.8 Å². The van der Waals surface area contributed by atoms with Gasteiger partial charge in [0.1, 0.15) is 11.5 Å². The standard InChI is InChI=1S/C18H20N2O4/c1-12(21)19-16(13-7-9-14(24-2)10-8-13)11-18(23)20-15-5-3-4-6-17(15)22/h3-10,16,22H,11H2,1-2H3,(H,19,21)(H,20,23). The van der Waals surface area contributed by atoms with E-state index >= 15 is 0 Å². The fourth-order valence-electron chi connectivity index (χ4n) is 2.30. The maximum absolute atomic E-state index is 12.3. The Labute approximate surface area is 140 Å². The van der Waals surface area contributed by atoms with Gasteiger partial charge in [0, 0.05) is 6.92 Å². The van der Waals surface area contributed by atoms with Crippen LogP contribution in [0.5, 0.6) is 11.5 Å². The number of carbonyl (C=O) groups is 2. The van der Waals surface area contributed by atoms with Crippen molar-refractivity contribution in [2.24, 2.45) is 0 Å². The van der Waals surface area contributed by atoms with Gasteiger partial charge in [0.25, 0.3) is 0 Å². The van der Waals surface area contributed by atoms with Crippen LogP contribution in [0.1, 0.15) is 24.9 Å². The first kappa shape index (κ1) is 17.3. The Bertz CT molecular complexity index is 713. The number of hydrogen-bond acceptors (Lipinski definition) is 4. The van der Waals surface area contributed by atoms with Gasteiger partial charge in [-0.05, 0) is 29.8 Å². The van der Waals surface area contributed by atoms with E-state index in [1.54, 1.807) is 49.6 Å². The molecule has 2 aromatic carbocycles. The average Bonchev–Trinajstić information content (AvgIpc) is 2.56. The third kappa shape index (κ3) is 4.74. The first-order valence-electron chi connectivity index (χ1n) is 7.48. The van der Waals surface area contributed by atoms with Crippen molar-refractivity contribution in [2.75, 3.05) is 12.4 Å².